The van der Waals surface area contributed by atoms with Gasteiger partial charge in [0.25, 0.3) is 17.5 Å². The Bertz CT molecular complexity index is 720. The molecule has 1 aliphatic heterocycles. The molecule has 2 amide bonds. The summed E-state index contributed by atoms with van der Waals surface area (Å²) in [7, 11) is 0. The highest BCUT2D eigenvalue weighted by Crippen LogP contribution is 2.20. The number of nitrogens with zero attached hydrogens (tertiary/aromatic N) is 1. The summed E-state index contributed by atoms with van der Waals surface area (Å²) in [5, 5.41) is 14.3. The fourth-order valence-electron chi connectivity index (χ4n) is 2.74. The first-order chi connectivity index (χ1) is 12.4. The zero-order chi connectivity index (χ0) is 19.2. The summed E-state index contributed by atoms with van der Waals surface area (Å²) < 4.78 is 5.72. The van der Waals surface area contributed by atoms with Gasteiger partial charge in [-0.05, 0) is 50.2 Å². The van der Waals surface area contributed by atoms with E-state index in [4.69, 9.17) is 15.7 Å². The number of nitrogens with one attached hydrogen (secondary N) is 3. The molecule has 2 rings (SSSR count). The summed E-state index contributed by atoms with van der Waals surface area (Å²) in [6, 6.07) is 7.67. The quantitative estimate of drug-likeness (QED) is 0.541. The molecule has 1 unspecified atom stereocenters. The van der Waals surface area contributed by atoms with Gasteiger partial charge >= 0.3 is 0 Å². The number of carbonyl (C=O) groups is 3. The molecule has 8 nitrogen and oxygen atoms in total. The van der Waals surface area contributed by atoms with Crippen molar-refractivity contribution in [2.24, 2.45) is 0 Å². The molecule has 1 atom stereocenters. The highest BCUT2D eigenvalue weighted by Gasteiger charge is 2.48. The highest BCUT2D eigenvalue weighted by molar-refractivity contribution is 6.12. The molecule has 1 radical (unpaired) electrons. The van der Waals surface area contributed by atoms with E-state index in [0.717, 1.165) is 0 Å². The van der Waals surface area contributed by atoms with Gasteiger partial charge in [0.05, 0.1) is 17.7 Å². The van der Waals surface area contributed by atoms with Crippen molar-refractivity contribution in [3.63, 3.8) is 0 Å². The number of ether oxygens (including phenoxy) is 1. The average molecular weight is 357 g/mol. The van der Waals surface area contributed by atoms with E-state index in [9.17, 15) is 14.4 Å². The van der Waals surface area contributed by atoms with E-state index in [1.165, 1.54) is 24.3 Å². The van der Waals surface area contributed by atoms with E-state index >= 15 is 0 Å². The van der Waals surface area contributed by atoms with Gasteiger partial charge < -0.3 is 15.4 Å². The van der Waals surface area contributed by atoms with E-state index in [2.05, 4.69) is 10.6 Å². The third-order valence-electron chi connectivity index (χ3n) is 4.23. The number of rotatable bonds is 7. The maximum absolute atomic E-state index is 12.6. The van der Waals surface area contributed by atoms with Gasteiger partial charge in [-0.15, -0.1) is 0 Å². The third-order valence-corrected chi connectivity index (χ3v) is 4.23. The van der Waals surface area contributed by atoms with E-state index in [-0.39, 0.29) is 12.0 Å². The zero-order valence-electron chi connectivity index (χ0n) is 14.5. The van der Waals surface area contributed by atoms with Gasteiger partial charge in [-0.25, -0.2) is 0 Å². The molecule has 0 aliphatic carbocycles. The summed E-state index contributed by atoms with van der Waals surface area (Å²) in [5.74, 6) is -2.69. The Hall–Kier alpha value is -2.76. The standard InChI is InChI=1S/C18H21N4O4/c1-2-15(23)18(17(20)25,26-14-7-9-21-10-8-14)22-16(24)13-5-3-12(11-19)4-6-13/h3-6,14,20-21H,2,7-10H2,1H3,(H,22,24). The molecule has 1 aromatic carbocycles. The van der Waals surface area contributed by atoms with E-state index in [0.29, 0.717) is 31.5 Å². The minimum absolute atomic E-state index is 0.0662. The minimum Gasteiger partial charge on any atom is -0.338 e. The molecule has 137 valence electrons. The average Bonchev–Trinajstić information content (AvgIpc) is 2.67. The fourth-order valence-corrected chi connectivity index (χ4v) is 2.74. The maximum Gasteiger partial charge on any atom is 0.300 e. The second-order valence-electron chi connectivity index (χ2n) is 6.00. The van der Waals surface area contributed by atoms with Crippen LogP contribution >= 0.6 is 0 Å². The third kappa shape index (κ3) is 4.25. The van der Waals surface area contributed by atoms with Crippen molar-refractivity contribution >= 4 is 17.6 Å². The molecule has 1 aliphatic rings. The van der Waals surface area contributed by atoms with E-state index in [1.54, 1.807) is 6.92 Å². The molecule has 0 aromatic heterocycles. The summed E-state index contributed by atoms with van der Waals surface area (Å²) in [4.78, 5) is 37.1. The van der Waals surface area contributed by atoms with Crippen molar-refractivity contribution in [1.82, 2.24) is 16.4 Å². The van der Waals surface area contributed by atoms with Crippen molar-refractivity contribution < 1.29 is 19.1 Å². The molecule has 1 fully saturated rings. The smallest absolute Gasteiger partial charge is 0.300 e. The summed E-state index contributed by atoms with van der Waals surface area (Å²) in [5.41, 5.74) is 5.81. The van der Waals surface area contributed by atoms with Crippen LogP contribution in [0.1, 0.15) is 42.1 Å². The number of hydrogen-bond acceptors (Lipinski definition) is 6. The lowest BCUT2D eigenvalue weighted by Crippen LogP contribution is -2.64. The lowest BCUT2D eigenvalue weighted by molar-refractivity contribution is -0.171. The van der Waals surface area contributed by atoms with Crippen molar-refractivity contribution in [3.8, 4) is 6.07 Å². The topological polar surface area (TPSA) is 132 Å². The number of carbonyl (C=O) groups excluding carboxylic acids is 3. The Balaban J connectivity index is 2.29. The molecular weight excluding hydrogens is 336 g/mol. The fraction of sp³-hybridized carbons (Fsp3) is 0.444. The van der Waals surface area contributed by atoms with Crippen LogP contribution in [0.2, 0.25) is 0 Å². The Morgan fingerprint density at radius 3 is 2.42 bits per heavy atom. The summed E-state index contributed by atoms with van der Waals surface area (Å²) in [6.07, 6.45) is 0.656. The minimum atomic E-state index is -2.32. The van der Waals surface area contributed by atoms with Crippen LogP contribution in [0, 0.1) is 11.3 Å². The van der Waals surface area contributed by atoms with Crippen LogP contribution in [0.15, 0.2) is 24.3 Å². The first kappa shape index (κ1) is 19.6. The zero-order valence-corrected chi connectivity index (χ0v) is 14.5. The summed E-state index contributed by atoms with van der Waals surface area (Å²) in [6.45, 7) is 2.87. The molecule has 0 saturated carbocycles. The number of piperidine rings is 1. The molecule has 1 heterocycles. The number of hydrogen-bond donors (Lipinski definition) is 2. The first-order valence-corrected chi connectivity index (χ1v) is 8.43. The number of nitriles is 1. The van der Waals surface area contributed by atoms with Crippen LogP contribution in [0.5, 0.6) is 0 Å². The van der Waals surface area contributed by atoms with Gasteiger partial charge in [-0.1, -0.05) is 6.92 Å². The van der Waals surface area contributed by atoms with Gasteiger partial charge in [0, 0.05) is 12.0 Å². The Labute approximate surface area is 151 Å². The van der Waals surface area contributed by atoms with Gasteiger partial charge in [-0.3, -0.25) is 20.1 Å². The molecule has 1 saturated heterocycles. The highest BCUT2D eigenvalue weighted by atomic mass is 16.5. The predicted octanol–water partition coefficient (Wildman–Crippen LogP) is 0.542. The van der Waals surface area contributed by atoms with Crippen LogP contribution in [0.4, 0.5) is 0 Å². The second-order valence-corrected chi connectivity index (χ2v) is 6.00. The molecule has 8 heteroatoms. The van der Waals surface area contributed by atoms with E-state index < -0.39 is 29.4 Å². The normalized spacial score (nSPS) is 16.9. The molecular formula is C18H21N4O4. The van der Waals surface area contributed by atoms with Crippen LogP contribution < -0.4 is 16.4 Å². The van der Waals surface area contributed by atoms with Crippen LogP contribution in [-0.2, 0) is 14.3 Å². The molecule has 0 spiro atoms. The SMILES string of the molecule is CCC(=O)C(NC(=O)c1ccc(C#N)cc1)(OC1CCNCC1)C([NH])=O. The van der Waals surface area contributed by atoms with Gasteiger partial charge in [0.2, 0.25) is 0 Å². The van der Waals surface area contributed by atoms with Gasteiger partial charge in [-0.2, -0.15) is 5.26 Å². The largest absolute Gasteiger partial charge is 0.338 e. The van der Waals surface area contributed by atoms with E-state index in [1.807, 2.05) is 6.07 Å². The molecule has 26 heavy (non-hydrogen) atoms. The van der Waals surface area contributed by atoms with Gasteiger partial charge in [0.1, 0.15) is 0 Å². The maximum atomic E-state index is 12.6. The number of amides is 2. The van der Waals surface area contributed by atoms with Crippen molar-refractivity contribution in [1.29, 1.82) is 5.26 Å². The summed E-state index contributed by atoms with van der Waals surface area (Å²) >= 11 is 0. The van der Waals surface area contributed by atoms with Crippen LogP contribution in [-0.4, -0.2) is 42.5 Å². The number of ketones is 1. The Morgan fingerprint density at radius 2 is 1.92 bits per heavy atom. The lowest BCUT2D eigenvalue weighted by Gasteiger charge is -2.35. The number of benzene rings is 1. The number of Topliss-reactive ketones (excluding diaryl/α,β-unsaturated/α-hetero) is 1. The first-order valence-electron chi connectivity index (χ1n) is 8.43. The lowest BCUT2D eigenvalue weighted by atomic mass is 10.0. The van der Waals surface area contributed by atoms with Gasteiger partial charge in [0.15, 0.2) is 5.78 Å². The molecule has 1 aromatic rings. The molecule has 3 N–H and O–H groups in total. The monoisotopic (exact) mass is 357 g/mol. The van der Waals surface area contributed by atoms with Crippen molar-refractivity contribution in [2.45, 2.75) is 38.0 Å². The molecule has 0 bridgehead atoms. The Morgan fingerprint density at radius 1 is 1.31 bits per heavy atom. The van der Waals surface area contributed by atoms with Crippen molar-refractivity contribution in [2.75, 3.05) is 13.1 Å². The van der Waals surface area contributed by atoms with Crippen molar-refractivity contribution in [3.05, 3.63) is 35.4 Å². The Kier molecular flexibility index (Phi) is 6.44. The predicted molar refractivity (Wildman–Crippen MR) is 91.7 cm³/mol. The second kappa shape index (κ2) is 8.56. The van der Waals surface area contributed by atoms with Crippen LogP contribution in [0.3, 0.4) is 0 Å². The van der Waals surface area contributed by atoms with Crippen LogP contribution in [0.25, 0.3) is 0 Å².